The van der Waals surface area contributed by atoms with Gasteiger partial charge in [-0.15, -0.1) is 22.7 Å². The number of para-hydroxylation sites is 1. The summed E-state index contributed by atoms with van der Waals surface area (Å²) in [6.07, 6.45) is 0. The van der Waals surface area contributed by atoms with Gasteiger partial charge in [-0.1, -0.05) is 115 Å². The number of benzene rings is 8. The van der Waals surface area contributed by atoms with Crippen LogP contribution in [0.4, 0.5) is 17.1 Å². The van der Waals surface area contributed by atoms with Gasteiger partial charge in [0.05, 0.1) is 0 Å². The molecule has 0 saturated heterocycles. The summed E-state index contributed by atoms with van der Waals surface area (Å²) in [6.45, 7) is 0. The van der Waals surface area contributed by atoms with Gasteiger partial charge in [-0.3, -0.25) is 0 Å². The maximum absolute atomic E-state index is 6.22. The SMILES string of the molecule is c1ccc2oc(-c3ccc(N(c4ccc(-c5cccc6c5sc5ccccc56)cc4)c4ccc(-c5cccc6c5sc5ccccc56)cc4)cc3)cc2c1. The van der Waals surface area contributed by atoms with Crippen LogP contribution in [0, 0.1) is 0 Å². The first-order valence-corrected chi connectivity index (χ1v) is 19.8. The molecule has 0 fully saturated rings. The lowest BCUT2D eigenvalue weighted by Gasteiger charge is -2.26. The quantitative estimate of drug-likeness (QED) is 0.170. The van der Waals surface area contributed by atoms with Crippen LogP contribution in [0.5, 0.6) is 0 Å². The summed E-state index contributed by atoms with van der Waals surface area (Å²) in [5.41, 5.74) is 10.2. The predicted octanol–water partition coefficient (Wildman–Crippen LogP) is 15.6. The minimum Gasteiger partial charge on any atom is -0.456 e. The first-order valence-electron chi connectivity index (χ1n) is 18.2. The molecule has 3 aromatic heterocycles. The predicted molar refractivity (Wildman–Crippen MR) is 233 cm³/mol. The Hall–Kier alpha value is -6.46. The summed E-state index contributed by atoms with van der Waals surface area (Å²) in [5.74, 6) is 0.869. The number of hydrogen-bond donors (Lipinski definition) is 0. The molecular formula is C50H31NOS2. The van der Waals surface area contributed by atoms with Gasteiger partial charge in [0.2, 0.25) is 0 Å². The summed E-state index contributed by atoms with van der Waals surface area (Å²) < 4.78 is 11.5. The van der Waals surface area contributed by atoms with Gasteiger partial charge in [-0.25, -0.2) is 0 Å². The molecule has 254 valence electrons. The summed E-state index contributed by atoms with van der Waals surface area (Å²) in [5, 5.41) is 6.38. The molecule has 0 radical (unpaired) electrons. The third-order valence-electron chi connectivity index (χ3n) is 10.5. The fourth-order valence-electron chi connectivity index (χ4n) is 7.88. The largest absolute Gasteiger partial charge is 0.456 e. The van der Waals surface area contributed by atoms with Crippen LogP contribution in [0.15, 0.2) is 192 Å². The molecule has 0 atom stereocenters. The third-order valence-corrected chi connectivity index (χ3v) is 13.0. The molecule has 0 bridgehead atoms. The van der Waals surface area contributed by atoms with Gasteiger partial charge in [0.15, 0.2) is 0 Å². The Kier molecular flexibility index (Phi) is 7.25. The zero-order chi connectivity index (χ0) is 35.6. The molecule has 4 heteroatoms. The lowest BCUT2D eigenvalue weighted by molar-refractivity contribution is 0.631. The van der Waals surface area contributed by atoms with Crippen LogP contribution < -0.4 is 4.90 Å². The first-order chi connectivity index (χ1) is 26.7. The topological polar surface area (TPSA) is 16.4 Å². The molecule has 54 heavy (non-hydrogen) atoms. The molecule has 0 aliphatic carbocycles. The molecule has 8 aromatic carbocycles. The highest BCUT2D eigenvalue weighted by molar-refractivity contribution is 7.26. The van der Waals surface area contributed by atoms with E-state index in [0.29, 0.717) is 0 Å². The van der Waals surface area contributed by atoms with E-state index < -0.39 is 0 Å². The van der Waals surface area contributed by atoms with Crippen molar-refractivity contribution in [1.29, 1.82) is 0 Å². The number of hydrogen-bond acceptors (Lipinski definition) is 4. The van der Waals surface area contributed by atoms with E-state index in [1.165, 1.54) is 62.6 Å². The molecule has 2 nitrogen and oxygen atoms in total. The van der Waals surface area contributed by atoms with Crippen molar-refractivity contribution in [3.63, 3.8) is 0 Å². The normalized spacial score (nSPS) is 11.7. The first kappa shape index (κ1) is 31.1. The van der Waals surface area contributed by atoms with Crippen LogP contribution in [0.2, 0.25) is 0 Å². The lowest BCUT2D eigenvalue weighted by Crippen LogP contribution is -2.09. The molecule has 0 unspecified atom stereocenters. The second kappa shape index (κ2) is 12.6. The summed E-state index contributed by atoms with van der Waals surface area (Å²) in [7, 11) is 0. The Bertz CT molecular complexity index is 2960. The van der Waals surface area contributed by atoms with Gasteiger partial charge in [-0.05, 0) is 95.1 Å². The highest BCUT2D eigenvalue weighted by atomic mass is 32.1. The van der Waals surface area contributed by atoms with Crippen molar-refractivity contribution in [3.8, 4) is 33.6 Å². The van der Waals surface area contributed by atoms with Crippen LogP contribution in [0.3, 0.4) is 0 Å². The Balaban J connectivity index is 0.998. The molecule has 0 spiro atoms. The van der Waals surface area contributed by atoms with Gasteiger partial charge in [-0.2, -0.15) is 0 Å². The maximum atomic E-state index is 6.22. The zero-order valence-electron chi connectivity index (χ0n) is 29.1. The summed E-state index contributed by atoms with van der Waals surface area (Å²) >= 11 is 3.74. The summed E-state index contributed by atoms with van der Waals surface area (Å²) in [6, 6.07) is 67.8. The van der Waals surface area contributed by atoms with E-state index >= 15 is 0 Å². The van der Waals surface area contributed by atoms with E-state index in [0.717, 1.165) is 39.4 Å². The number of thiophene rings is 2. The van der Waals surface area contributed by atoms with Crippen LogP contribution in [0.1, 0.15) is 0 Å². The zero-order valence-corrected chi connectivity index (χ0v) is 30.7. The van der Waals surface area contributed by atoms with Crippen molar-refractivity contribution >= 4 is 91.0 Å². The van der Waals surface area contributed by atoms with Crippen molar-refractivity contribution in [1.82, 2.24) is 0 Å². The van der Waals surface area contributed by atoms with Gasteiger partial charge in [0, 0.05) is 68.4 Å². The van der Waals surface area contributed by atoms with E-state index in [4.69, 9.17) is 4.42 Å². The van der Waals surface area contributed by atoms with E-state index in [9.17, 15) is 0 Å². The highest BCUT2D eigenvalue weighted by Gasteiger charge is 2.17. The molecule has 0 amide bonds. The van der Waals surface area contributed by atoms with Gasteiger partial charge in [0.1, 0.15) is 11.3 Å². The Labute approximate surface area is 320 Å². The molecule has 0 aliphatic rings. The standard InChI is InChI=1S/C50H31NOS2/c1-4-16-45-35(9-1)31-46(52-45)34-23-29-38(30-24-34)51(36-25-19-32(20-26-36)39-12-7-14-43-41-10-2-5-17-47(41)53-49(39)43)37-27-21-33(22-28-37)40-13-8-15-44-42-11-3-6-18-48(42)54-50(40)44/h1-31H. The van der Waals surface area contributed by atoms with Crippen LogP contribution in [-0.2, 0) is 0 Å². The smallest absolute Gasteiger partial charge is 0.135 e. The number of fused-ring (bicyclic) bond motifs is 7. The van der Waals surface area contributed by atoms with E-state index in [-0.39, 0.29) is 0 Å². The van der Waals surface area contributed by atoms with Gasteiger partial charge >= 0.3 is 0 Å². The third kappa shape index (κ3) is 5.14. The Morgan fingerprint density at radius 3 is 1.33 bits per heavy atom. The van der Waals surface area contributed by atoms with Crippen LogP contribution in [0.25, 0.3) is 84.9 Å². The molecule has 11 aromatic rings. The number of nitrogens with zero attached hydrogens (tertiary/aromatic N) is 1. The van der Waals surface area contributed by atoms with Crippen molar-refractivity contribution in [2.75, 3.05) is 4.90 Å². The van der Waals surface area contributed by atoms with Crippen molar-refractivity contribution in [2.45, 2.75) is 0 Å². The van der Waals surface area contributed by atoms with Crippen molar-refractivity contribution in [2.24, 2.45) is 0 Å². The lowest BCUT2D eigenvalue weighted by atomic mass is 10.0. The monoisotopic (exact) mass is 725 g/mol. The van der Waals surface area contributed by atoms with E-state index in [2.05, 4.69) is 175 Å². The average molecular weight is 726 g/mol. The number of furan rings is 1. The fourth-order valence-corrected chi connectivity index (χ4v) is 10.4. The van der Waals surface area contributed by atoms with Crippen LogP contribution >= 0.6 is 22.7 Å². The van der Waals surface area contributed by atoms with Gasteiger partial charge in [0.25, 0.3) is 0 Å². The second-order valence-electron chi connectivity index (χ2n) is 13.7. The second-order valence-corrected chi connectivity index (χ2v) is 15.8. The summed E-state index contributed by atoms with van der Waals surface area (Å²) in [4.78, 5) is 2.34. The van der Waals surface area contributed by atoms with Crippen molar-refractivity contribution < 1.29 is 4.42 Å². The highest BCUT2D eigenvalue weighted by Crippen LogP contribution is 2.44. The Morgan fingerprint density at radius 2 is 0.815 bits per heavy atom. The molecule has 11 rings (SSSR count). The van der Waals surface area contributed by atoms with E-state index in [1.54, 1.807) is 0 Å². The Morgan fingerprint density at radius 1 is 0.370 bits per heavy atom. The van der Waals surface area contributed by atoms with E-state index in [1.807, 2.05) is 40.9 Å². The molecule has 0 N–H and O–H groups in total. The van der Waals surface area contributed by atoms with Gasteiger partial charge < -0.3 is 9.32 Å². The minimum absolute atomic E-state index is 0.869. The average Bonchev–Trinajstić information content (AvgIpc) is 3.95. The molecule has 0 saturated carbocycles. The molecular weight excluding hydrogens is 695 g/mol. The maximum Gasteiger partial charge on any atom is 0.135 e. The molecule has 0 aliphatic heterocycles. The number of rotatable bonds is 6. The van der Waals surface area contributed by atoms with Crippen molar-refractivity contribution in [3.05, 3.63) is 188 Å². The number of anilines is 3. The molecule has 3 heterocycles. The fraction of sp³-hybridized carbons (Fsp3) is 0. The minimum atomic E-state index is 0.869. The van der Waals surface area contributed by atoms with Crippen LogP contribution in [-0.4, -0.2) is 0 Å².